The molecule has 0 fully saturated rings. The van der Waals surface area contributed by atoms with E-state index in [4.69, 9.17) is 4.74 Å². The third-order valence-corrected chi connectivity index (χ3v) is 2.27. The van der Waals surface area contributed by atoms with Crippen molar-refractivity contribution in [1.29, 1.82) is 0 Å². The summed E-state index contributed by atoms with van der Waals surface area (Å²) in [6.45, 7) is 4.03. The second-order valence-electron chi connectivity index (χ2n) is 2.95. The van der Waals surface area contributed by atoms with Gasteiger partial charge in [-0.05, 0) is 19.9 Å². The molecule has 5 heteroatoms. The Bertz CT molecular complexity index is 421. The lowest BCUT2D eigenvalue weighted by atomic mass is 10.2. The predicted octanol–water partition coefficient (Wildman–Crippen LogP) is 2.90. The van der Waals surface area contributed by atoms with Crippen LogP contribution in [0.15, 0.2) is 22.8 Å². The quantitative estimate of drug-likeness (QED) is 0.683. The zero-order valence-electron chi connectivity index (χ0n) is 9.16. The van der Waals surface area contributed by atoms with Crippen LogP contribution in [0.25, 0.3) is 6.08 Å². The van der Waals surface area contributed by atoms with Crippen molar-refractivity contribution in [2.75, 3.05) is 6.61 Å². The topological polar surface area (TPSA) is 55.0 Å². The van der Waals surface area contributed by atoms with Crippen LogP contribution >= 0.6 is 15.9 Å². The number of hydrogen-bond donors (Lipinski definition) is 1. The van der Waals surface area contributed by atoms with Gasteiger partial charge in [-0.25, -0.2) is 4.79 Å². The number of esters is 1. The molecule has 0 unspecified atom stereocenters. The van der Waals surface area contributed by atoms with Crippen molar-refractivity contribution in [3.05, 3.63) is 34.1 Å². The Hall–Kier alpha value is -1.36. The molecule has 0 spiro atoms. The number of nitrogens with one attached hydrogen (secondary N) is 1. The number of nitrogens with zero attached hydrogens (tertiary/aromatic N) is 1. The Morgan fingerprint density at radius 2 is 2.44 bits per heavy atom. The fourth-order valence-electron chi connectivity index (χ4n) is 1.12. The van der Waals surface area contributed by atoms with E-state index in [0.717, 1.165) is 4.48 Å². The van der Waals surface area contributed by atoms with Gasteiger partial charge in [-0.2, -0.15) is 5.10 Å². The minimum Gasteiger partial charge on any atom is -0.462 e. The number of allylic oxidation sites excluding steroid dienone is 3. The van der Waals surface area contributed by atoms with Crippen LogP contribution in [0.3, 0.4) is 0 Å². The van der Waals surface area contributed by atoms with Gasteiger partial charge in [0.05, 0.1) is 18.5 Å². The van der Waals surface area contributed by atoms with Crippen molar-refractivity contribution in [2.24, 2.45) is 0 Å². The van der Waals surface area contributed by atoms with Gasteiger partial charge in [0.2, 0.25) is 0 Å². The number of rotatable bonds is 4. The fraction of sp³-hybridized carbons (Fsp3) is 0.273. The van der Waals surface area contributed by atoms with Gasteiger partial charge in [-0.1, -0.05) is 28.1 Å². The standard InChI is InChI=1S/C11H13BrN2O2/c1-3-5-8(12)6-10-9(7-13-14-10)11(15)16-4-2/h3,5-7H,4H2,1-2H3,(H,13,14)/b5-3-,8-6+. The minimum absolute atomic E-state index is 0.350. The largest absolute Gasteiger partial charge is 0.462 e. The molecule has 0 radical (unpaired) electrons. The summed E-state index contributed by atoms with van der Waals surface area (Å²) in [7, 11) is 0. The SMILES string of the molecule is C/C=C\C(Br)=C/c1[nH]ncc1C(=O)OCC. The zero-order valence-corrected chi connectivity index (χ0v) is 10.7. The van der Waals surface area contributed by atoms with Gasteiger partial charge in [0.1, 0.15) is 5.56 Å². The Balaban J connectivity index is 2.94. The highest BCUT2D eigenvalue weighted by Crippen LogP contribution is 2.15. The van der Waals surface area contributed by atoms with Crippen LogP contribution in [0, 0.1) is 0 Å². The van der Waals surface area contributed by atoms with Crippen molar-refractivity contribution in [3.63, 3.8) is 0 Å². The molecule has 1 heterocycles. The first-order valence-electron chi connectivity index (χ1n) is 4.89. The summed E-state index contributed by atoms with van der Waals surface area (Å²) < 4.78 is 5.76. The van der Waals surface area contributed by atoms with Crippen LogP contribution in [0.4, 0.5) is 0 Å². The van der Waals surface area contributed by atoms with E-state index in [9.17, 15) is 4.79 Å². The lowest BCUT2D eigenvalue weighted by molar-refractivity contribution is 0.0526. The van der Waals surface area contributed by atoms with Crippen LogP contribution in [0.1, 0.15) is 29.9 Å². The molecule has 1 aromatic heterocycles. The van der Waals surface area contributed by atoms with Gasteiger partial charge in [0, 0.05) is 4.48 Å². The first-order chi connectivity index (χ1) is 7.69. The molecule has 86 valence electrons. The summed E-state index contributed by atoms with van der Waals surface area (Å²) >= 11 is 3.36. The average Bonchev–Trinajstić information content (AvgIpc) is 2.66. The third kappa shape index (κ3) is 3.34. The number of hydrogen-bond acceptors (Lipinski definition) is 3. The van der Waals surface area contributed by atoms with E-state index in [2.05, 4.69) is 26.1 Å². The molecule has 0 amide bonds. The smallest absolute Gasteiger partial charge is 0.341 e. The van der Waals surface area contributed by atoms with E-state index >= 15 is 0 Å². The average molecular weight is 285 g/mol. The molecule has 0 aliphatic rings. The van der Waals surface area contributed by atoms with E-state index in [0.29, 0.717) is 17.9 Å². The molecular formula is C11H13BrN2O2. The minimum atomic E-state index is -0.372. The number of aromatic nitrogens is 2. The normalized spacial score (nSPS) is 12.1. The fourth-order valence-corrected chi connectivity index (χ4v) is 1.62. The highest BCUT2D eigenvalue weighted by molar-refractivity contribution is 9.12. The first-order valence-corrected chi connectivity index (χ1v) is 5.68. The molecule has 4 nitrogen and oxygen atoms in total. The van der Waals surface area contributed by atoms with Crippen LogP contribution in [0.5, 0.6) is 0 Å². The lowest BCUT2D eigenvalue weighted by Crippen LogP contribution is -2.04. The summed E-state index contributed by atoms with van der Waals surface area (Å²) in [5.41, 5.74) is 1.06. The molecule has 0 bridgehead atoms. The van der Waals surface area contributed by atoms with Crippen molar-refractivity contribution >= 4 is 28.0 Å². The molecule has 0 saturated carbocycles. The monoisotopic (exact) mass is 284 g/mol. The highest BCUT2D eigenvalue weighted by atomic mass is 79.9. The second-order valence-corrected chi connectivity index (χ2v) is 3.86. The summed E-state index contributed by atoms with van der Waals surface area (Å²) in [4.78, 5) is 11.5. The molecule has 1 aromatic rings. The summed E-state index contributed by atoms with van der Waals surface area (Å²) in [5, 5.41) is 6.57. The zero-order chi connectivity index (χ0) is 12.0. The van der Waals surface area contributed by atoms with Gasteiger partial charge >= 0.3 is 5.97 Å². The van der Waals surface area contributed by atoms with Crippen LogP contribution in [-0.2, 0) is 4.74 Å². The number of ether oxygens (including phenoxy) is 1. The third-order valence-electron chi connectivity index (χ3n) is 1.77. The molecule has 0 saturated heterocycles. The Labute approximate surface area is 103 Å². The summed E-state index contributed by atoms with van der Waals surface area (Å²) in [6.07, 6.45) is 7.00. The summed E-state index contributed by atoms with van der Waals surface area (Å²) in [5.74, 6) is -0.372. The molecule has 16 heavy (non-hydrogen) atoms. The summed E-state index contributed by atoms with van der Waals surface area (Å²) in [6, 6.07) is 0. The van der Waals surface area contributed by atoms with E-state index in [1.165, 1.54) is 6.20 Å². The van der Waals surface area contributed by atoms with Gasteiger partial charge in [-0.3, -0.25) is 5.10 Å². The van der Waals surface area contributed by atoms with Gasteiger partial charge < -0.3 is 4.74 Å². The van der Waals surface area contributed by atoms with Crippen molar-refractivity contribution in [1.82, 2.24) is 10.2 Å². The van der Waals surface area contributed by atoms with Crippen LogP contribution in [-0.4, -0.2) is 22.8 Å². The Morgan fingerprint density at radius 1 is 1.69 bits per heavy atom. The Morgan fingerprint density at radius 3 is 3.06 bits per heavy atom. The number of halogens is 1. The van der Waals surface area contributed by atoms with Crippen molar-refractivity contribution in [2.45, 2.75) is 13.8 Å². The van der Waals surface area contributed by atoms with Crippen molar-refractivity contribution in [3.8, 4) is 0 Å². The predicted molar refractivity (Wildman–Crippen MR) is 66.3 cm³/mol. The molecule has 0 aromatic carbocycles. The second kappa shape index (κ2) is 6.27. The maximum absolute atomic E-state index is 11.5. The molecule has 0 aliphatic heterocycles. The molecule has 1 rings (SSSR count). The first kappa shape index (κ1) is 12.7. The highest BCUT2D eigenvalue weighted by Gasteiger charge is 2.12. The van der Waals surface area contributed by atoms with E-state index < -0.39 is 0 Å². The maximum atomic E-state index is 11.5. The molecule has 1 N–H and O–H groups in total. The van der Waals surface area contributed by atoms with E-state index in [-0.39, 0.29) is 5.97 Å². The molecular weight excluding hydrogens is 272 g/mol. The van der Waals surface area contributed by atoms with Crippen LogP contribution < -0.4 is 0 Å². The number of aromatic amines is 1. The number of carbonyl (C=O) groups excluding carboxylic acids is 1. The van der Waals surface area contributed by atoms with Gasteiger partial charge in [0.25, 0.3) is 0 Å². The van der Waals surface area contributed by atoms with Gasteiger partial charge in [0.15, 0.2) is 0 Å². The lowest BCUT2D eigenvalue weighted by Gasteiger charge is -1.99. The van der Waals surface area contributed by atoms with Crippen molar-refractivity contribution < 1.29 is 9.53 Å². The number of H-pyrrole nitrogens is 1. The van der Waals surface area contributed by atoms with Gasteiger partial charge in [-0.15, -0.1) is 0 Å². The maximum Gasteiger partial charge on any atom is 0.341 e. The molecule has 0 atom stereocenters. The Kier molecular flexibility index (Phi) is 4.98. The van der Waals surface area contributed by atoms with E-state index in [1.54, 1.807) is 13.0 Å². The van der Waals surface area contributed by atoms with E-state index in [1.807, 2.05) is 19.1 Å². The van der Waals surface area contributed by atoms with Crippen LogP contribution in [0.2, 0.25) is 0 Å². The number of carbonyl (C=O) groups is 1. The molecule has 0 aliphatic carbocycles.